The van der Waals surface area contributed by atoms with Gasteiger partial charge in [0.05, 0.1) is 21.8 Å². The molecule has 18 heavy (non-hydrogen) atoms. The first-order chi connectivity index (χ1) is 8.02. The maximum absolute atomic E-state index is 6.19. The van der Waals surface area contributed by atoms with Crippen LogP contribution in [0.2, 0.25) is 45.3 Å². The molecule has 0 rings (SSSR count). The summed E-state index contributed by atoms with van der Waals surface area (Å²) in [5.74, 6) is 0. The van der Waals surface area contributed by atoms with Gasteiger partial charge in [0.15, 0.2) is 0 Å². The van der Waals surface area contributed by atoms with E-state index in [1.165, 1.54) is 0 Å². The molecular formula is C11H31O3PSi3. The van der Waals surface area contributed by atoms with E-state index in [1.54, 1.807) is 14.2 Å². The lowest BCUT2D eigenvalue weighted by molar-refractivity contribution is 0.119. The summed E-state index contributed by atoms with van der Waals surface area (Å²) < 4.78 is 17.3. The van der Waals surface area contributed by atoms with E-state index >= 15 is 0 Å². The predicted molar refractivity (Wildman–Crippen MR) is 89.8 cm³/mol. The van der Waals surface area contributed by atoms with Crippen LogP contribution in [0, 0.1) is 0 Å². The quantitative estimate of drug-likeness (QED) is 0.490. The van der Waals surface area contributed by atoms with Crippen LogP contribution in [0.5, 0.6) is 0 Å². The Morgan fingerprint density at radius 3 is 1.44 bits per heavy atom. The van der Waals surface area contributed by atoms with E-state index in [4.69, 9.17) is 13.3 Å². The fraction of sp³-hybridized carbons (Fsp3) is 1.00. The summed E-state index contributed by atoms with van der Waals surface area (Å²) in [5, 5.41) is 0. The van der Waals surface area contributed by atoms with Crippen molar-refractivity contribution in [3.8, 4) is 0 Å². The van der Waals surface area contributed by atoms with E-state index < -0.39 is 24.3 Å². The zero-order valence-corrected chi connectivity index (χ0v) is 17.5. The molecule has 0 amide bonds. The zero-order valence-electron chi connectivity index (χ0n) is 13.6. The zero-order chi connectivity index (χ0) is 14.6. The average Bonchev–Trinajstić information content (AvgIpc) is 2.21. The van der Waals surface area contributed by atoms with E-state index in [0.717, 1.165) is 12.4 Å². The Labute approximate surface area is 117 Å². The summed E-state index contributed by atoms with van der Waals surface area (Å²) in [4.78, 5) is 0. The van der Waals surface area contributed by atoms with Crippen LogP contribution in [0.15, 0.2) is 0 Å². The van der Waals surface area contributed by atoms with Gasteiger partial charge in [-0.2, -0.15) is 0 Å². The largest absolute Gasteiger partial charge is 0.500 e. The first kappa shape index (κ1) is 19.0. The van der Waals surface area contributed by atoms with Gasteiger partial charge >= 0.3 is 8.80 Å². The SMILES string of the molecule is CC[Si](OC)(OC)OCP([Si](C)(C)C)[Si](C)(C)C. The molecule has 0 saturated heterocycles. The monoisotopic (exact) mass is 326 g/mol. The second-order valence-corrected chi connectivity index (χ2v) is 32.1. The van der Waals surface area contributed by atoms with Crippen molar-refractivity contribution in [3.63, 3.8) is 0 Å². The highest BCUT2D eigenvalue weighted by Gasteiger charge is 2.42. The lowest BCUT2D eigenvalue weighted by atomic mass is 11.0. The molecule has 0 aromatic carbocycles. The highest BCUT2D eigenvalue weighted by molar-refractivity contribution is 8.18. The minimum absolute atomic E-state index is 0.00603. The van der Waals surface area contributed by atoms with Crippen molar-refractivity contribution in [1.82, 2.24) is 0 Å². The molecule has 110 valence electrons. The maximum Gasteiger partial charge on any atom is 0.500 e. The lowest BCUT2D eigenvalue weighted by Gasteiger charge is -2.40. The topological polar surface area (TPSA) is 27.7 Å². The van der Waals surface area contributed by atoms with Crippen molar-refractivity contribution in [1.29, 1.82) is 0 Å². The van der Waals surface area contributed by atoms with Gasteiger partial charge in [-0.05, 0) is 0 Å². The minimum Gasteiger partial charge on any atom is -0.377 e. The Kier molecular flexibility index (Phi) is 7.49. The van der Waals surface area contributed by atoms with Crippen LogP contribution in [-0.4, -0.2) is 44.9 Å². The fourth-order valence-corrected chi connectivity index (χ4v) is 35.1. The first-order valence-electron chi connectivity index (χ1n) is 6.54. The van der Waals surface area contributed by atoms with Crippen molar-refractivity contribution in [3.05, 3.63) is 0 Å². The summed E-state index contributed by atoms with van der Waals surface area (Å²) >= 11 is 0. The molecule has 0 unspecified atom stereocenters. The van der Waals surface area contributed by atoms with Crippen molar-refractivity contribution >= 4 is 31.3 Å². The van der Waals surface area contributed by atoms with Gasteiger partial charge in [0.2, 0.25) is 0 Å². The van der Waals surface area contributed by atoms with Crippen LogP contribution in [0.4, 0.5) is 0 Å². The smallest absolute Gasteiger partial charge is 0.377 e. The van der Waals surface area contributed by atoms with Gasteiger partial charge in [-0.1, -0.05) is 46.2 Å². The second kappa shape index (κ2) is 7.11. The maximum atomic E-state index is 6.19. The average molecular weight is 327 g/mol. The van der Waals surface area contributed by atoms with E-state index in [1.807, 2.05) is 0 Å². The van der Waals surface area contributed by atoms with Crippen LogP contribution in [0.25, 0.3) is 0 Å². The Morgan fingerprint density at radius 1 is 0.833 bits per heavy atom. The molecule has 0 aromatic heterocycles. The fourth-order valence-electron chi connectivity index (χ4n) is 2.15. The standard InChI is InChI=1S/C11H31O3PSi3/c1-10-18(12-2,13-3)14-11-15(16(4,5)6)17(7,8)9/h10-11H2,1-9H3. The Hall–Kier alpha value is 0.961. The Bertz CT molecular complexity index is 225. The third kappa shape index (κ3) is 5.53. The van der Waals surface area contributed by atoms with Crippen LogP contribution >= 0.6 is 7.02 Å². The van der Waals surface area contributed by atoms with Crippen LogP contribution in [0.3, 0.4) is 0 Å². The van der Waals surface area contributed by atoms with Crippen LogP contribution in [-0.2, 0) is 13.3 Å². The molecule has 0 aliphatic heterocycles. The summed E-state index contributed by atoms with van der Waals surface area (Å²) in [7, 11) is -1.24. The third-order valence-corrected chi connectivity index (χ3v) is 32.2. The molecule has 0 N–H and O–H groups in total. The van der Waals surface area contributed by atoms with Gasteiger partial charge in [-0.3, -0.25) is 0 Å². The third-order valence-electron chi connectivity index (χ3n) is 3.09. The molecule has 0 aliphatic rings. The molecule has 0 heterocycles. The van der Waals surface area contributed by atoms with E-state index in [9.17, 15) is 0 Å². The van der Waals surface area contributed by atoms with Crippen molar-refractivity contribution in [2.45, 2.75) is 52.2 Å². The summed E-state index contributed by atoms with van der Waals surface area (Å²) in [6, 6.07) is 0.848. The molecule has 0 fully saturated rings. The van der Waals surface area contributed by atoms with Crippen molar-refractivity contribution in [2.24, 2.45) is 0 Å². The Balaban J connectivity index is 4.83. The molecule has 0 aliphatic carbocycles. The molecule has 0 spiro atoms. The van der Waals surface area contributed by atoms with Gasteiger partial charge < -0.3 is 13.3 Å². The molecule has 3 nitrogen and oxygen atoms in total. The molecule has 0 bridgehead atoms. The van der Waals surface area contributed by atoms with Crippen molar-refractivity contribution < 1.29 is 13.3 Å². The predicted octanol–water partition coefficient (Wildman–Crippen LogP) is 4.36. The molecule has 0 aromatic rings. The number of rotatable bonds is 8. The number of hydrogen-bond acceptors (Lipinski definition) is 3. The molecular weight excluding hydrogens is 295 g/mol. The van der Waals surface area contributed by atoms with Gasteiger partial charge in [-0.25, -0.2) is 0 Å². The molecule has 0 saturated carbocycles. The summed E-state index contributed by atoms with van der Waals surface area (Å²) in [6.07, 6.45) is 0.878. The first-order valence-corrected chi connectivity index (χ1v) is 18.7. The Morgan fingerprint density at radius 2 is 1.22 bits per heavy atom. The highest BCUT2D eigenvalue weighted by atomic mass is 31.6. The highest BCUT2D eigenvalue weighted by Crippen LogP contribution is 2.55. The summed E-state index contributed by atoms with van der Waals surface area (Å²) in [6.45, 7) is 16.9. The molecule has 0 atom stereocenters. The van der Waals surface area contributed by atoms with Crippen molar-refractivity contribution in [2.75, 3.05) is 20.6 Å². The van der Waals surface area contributed by atoms with Gasteiger partial charge in [0.1, 0.15) is 0 Å². The van der Waals surface area contributed by atoms with Gasteiger partial charge in [0.25, 0.3) is 0 Å². The second-order valence-electron chi connectivity index (χ2n) is 6.49. The lowest BCUT2D eigenvalue weighted by Crippen LogP contribution is -2.45. The van der Waals surface area contributed by atoms with Gasteiger partial charge in [0, 0.05) is 20.3 Å². The van der Waals surface area contributed by atoms with E-state index in [-0.39, 0.29) is 7.02 Å². The number of hydrogen-bond donors (Lipinski definition) is 0. The van der Waals surface area contributed by atoms with Crippen LogP contribution < -0.4 is 0 Å². The normalized spacial score (nSPS) is 14.3. The van der Waals surface area contributed by atoms with E-state index in [2.05, 4.69) is 46.2 Å². The van der Waals surface area contributed by atoms with Gasteiger partial charge in [-0.15, -0.1) is 7.02 Å². The molecule has 0 radical (unpaired) electrons. The van der Waals surface area contributed by atoms with Crippen LogP contribution in [0.1, 0.15) is 6.92 Å². The summed E-state index contributed by atoms with van der Waals surface area (Å²) in [5.41, 5.74) is 0. The molecule has 7 heteroatoms. The minimum atomic E-state index is -2.38. The van der Waals surface area contributed by atoms with E-state index in [0.29, 0.717) is 0 Å².